The first-order valence-electron chi connectivity index (χ1n) is 60.2. The average molecular weight is 1940 g/mol. The summed E-state index contributed by atoms with van der Waals surface area (Å²) in [5, 5.41) is 0. The quantitative estimate of drug-likeness (QED) is 0.0421. The number of hydrogen-bond acceptors (Lipinski definition) is 10. The smallest absolute Gasteiger partial charge is 0.171 e. The fourth-order valence-electron chi connectivity index (χ4n) is 19.8. The lowest BCUT2D eigenvalue weighted by atomic mass is 10.0. The summed E-state index contributed by atoms with van der Waals surface area (Å²) < 4.78 is 0. The Balaban J connectivity index is 1.72. The molecule has 3 aromatic rings. The summed E-state index contributed by atoms with van der Waals surface area (Å²) >= 11 is 12.5. The summed E-state index contributed by atoms with van der Waals surface area (Å²) in [5.41, 5.74) is 3.98. The van der Waals surface area contributed by atoms with Gasteiger partial charge < -0.3 is 9.97 Å². The zero-order valence-electron chi connectivity index (χ0n) is 89.4. The van der Waals surface area contributed by atoms with Gasteiger partial charge in [-0.3, -0.25) is 0 Å². The molecule has 0 aliphatic carbocycles. The van der Waals surface area contributed by atoms with Crippen molar-refractivity contribution in [2.75, 3.05) is 34.5 Å². The predicted molar refractivity (Wildman–Crippen MR) is 611 cm³/mol. The van der Waals surface area contributed by atoms with Gasteiger partial charge in [0.05, 0.1) is 29.4 Å². The van der Waals surface area contributed by atoms with Crippen LogP contribution in [-0.2, 0) is 0 Å². The van der Waals surface area contributed by atoms with Crippen molar-refractivity contribution in [1.29, 1.82) is 0 Å². The third kappa shape index (κ3) is 70.9. The number of aromatic amines is 2. The summed E-state index contributed by atoms with van der Waals surface area (Å²) in [6.07, 6.45) is 134. The molecule has 6 nitrogen and oxygen atoms in total. The fourth-order valence-corrected chi connectivity index (χ4v) is 26.9. The Morgan fingerprint density at radius 1 is 0.129 bits per heavy atom. The third-order valence-electron chi connectivity index (χ3n) is 28.7. The Kier molecular flexibility index (Phi) is 91.6. The number of aromatic nitrogens is 6. The number of nitrogens with zero attached hydrogens (tertiary/aromatic N) is 4. The van der Waals surface area contributed by atoms with Crippen LogP contribution in [0.25, 0.3) is 32.4 Å². The molecule has 3 aromatic heterocycles. The van der Waals surface area contributed by atoms with Crippen molar-refractivity contribution < 1.29 is 0 Å². The second-order valence-corrected chi connectivity index (χ2v) is 48.3. The van der Waals surface area contributed by atoms with Crippen LogP contribution in [0.2, 0.25) is 0 Å². The second kappa shape index (κ2) is 97.8. The lowest BCUT2D eigenvalue weighted by Gasteiger charge is -2.08. The molecule has 770 valence electrons. The molecule has 0 saturated heterocycles. The Morgan fingerprint density at radius 3 is 0.379 bits per heavy atom. The summed E-state index contributed by atoms with van der Waals surface area (Å²) in [6.45, 7) is 14.0. The number of unbranched alkanes of at least 4 members (excludes halogenated alkanes) is 90. The number of hydrogen-bond donors (Lipinski definition) is 2. The molecule has 6 bridgehead atoms. The van der Waals surface area contributed by atoms with E-state index in [4.69, 9.17) is 19.9 Å². The van der Waals surface area contributed by atoms with Gasteiger partial charge in [0.25, 0.3) is 0 Å². The van der Waals surface area contributed by atoms with E-state index in [0.29, 0.717) is 0 Å². The molecule has 12 heteroatoms. The zero-order valence-corrected chi connectivity index (χ0v) is 94.3. The molecule has 0 radical (unpaired) electrons. The molecule has 4 rings (SSSR count). The van der Waals surface area contributed by atoms with E-state index in [9.17, 15) is 0 Å². The maximum Gasteiger partial charge on any atom is 0.171 e. The average Bonchev–Trinajstić information content (AvgIpc) is 1.61. The summed E-state index contributed by atoms with van der Waals surface area (Å²) in [6, 6.07) is 0. The molecule has 2 N–H and O–H groups in total. The van der Waals surface area contributed by atoms with E-state index >= 15 is 0 Å². The Hall–Kier alpha value is -0.660. The topological polar surface area (TPSA) is 83.1 Å². The van der Waals surface area contributed by atoms with Crippen molar-refractivity contribution in [3.05, 3.63) is 11.6 Å². The van der Waals surface area contributed by atoms with Crippen LogP contribution in [0.5, 0.6) is 0 Å². The maximum atomic E-state index is 5.99. The minimum absolute atomic E-state index is 0.893. The van der Waals surface area contributed by atoms with Gasteiger partial charge >= 0.3 is 0 Å². The van der Waals surface area contributed by atoms with Gasteiger partial charge in [-0.1, -0.05) is 619 Å². The molecular weight excluding hydrogens is 1720 g/mol. The number of thioether (sulfide) groups is 6. The highest BCUT2D eigenvalue weighted by atomic mass is 32.2. The first-order valence-corrected chi connectivity index (χ1v) is 66.2. The van der Waals surface area contributed by atoms with Crippen LogP contribution in [0.4, 0.5) is 0 Å². The molecule has 0 atom stereocenters. The summed E-state index contributed by atoms with van der Waals surface area (Å²) in [5.74, 6) is 8.40. The van der Waals surface area contributed by atoms with Gasteiger partial charge in [0.2, 0.25) is 0 Å². The highest BCUT2D eigenvalue weighted by Gasteiger charge is 2.28. The number of nitrogens with one attached hydrogen (secondary N) is 2. The van der Waals surface area contributed by atoms with E-state index in [1.54, 1.807) is 0 Å². The van der Waals surface area contributed by atoms with Crippen molar-refractivity contribution in [2.45, 2.75) is 678 Å². The molecule has 0 amide bonds. The van der Waals surface area contributed by atoms with E-state index in [1.807, 2.05) is 0 Å². The first kappa shape index (κ1) is 124. The molecule has 0 fully saturated rings. The lowest BCUT2D eigenvalue weighted by molar-refractivity contribution is 0.531. The Morgan fingerprint density at radius 2 is 0.242 bits per heavy atom. The van der Waals surface area contributed by atoms with Gasteiger partial charge in [-0.15, -0.1) is 70.6 Å². The normalized spacial score (nSPS) is 12.2. The molecule has 0 unspecified atom stereocenters. The minimum atomic E-state index is 0.893. The van der Waals surface area contributed by atoms with Crippen molar-refractivity contribution >= 4 is 103 Å². The minimum Gasteiger partial charge on any atom is -0.323 e. The van der Waals surface area contributed by atoms with E-state index in [2.05, 4.69) is 122 Å². The molecule has 1 aliphatic heterocycles. The van der Waals surface area contributed by atoms with Crippen LogP contribution in [-0.4, -0.2) is 64.4 Å². The molecule has 1 aliphatic rings. The highest BCUT2D eigenvalue weighted by molar-refractivity contribution is 8.13. The van der Waals surface area contributed by atoms with E-state index in [1.165, 1.54) is 646 Å². The summed E-state index contributed by atoms with van der Waals surface area (Å²) in [7, 11) is 0. The third-order valence-corrected chi connectivity index (χ3v) is 36.1. The van der Waals surface area contributed by atoms with E-state index in [0.717, 1.165) is 68.8 Å². The molecule has 0 spiro atoms. The largest absolute Gasteiger partial charge is 0.323 e. The first-order chi connectivity index (χ1) is 65.6. The molecular formula is C120H224N6S6. The molecule has 4 heterocycles. The van der Waals surface area contributed by atoms with Gasteiger partial charge in [0.1, 0.15) is 22.6 Å². The standard InChI is InChI=1S/C120H224N6S6/c1-7-13-19-25-31-37-43-49-55-61-67-73-79-85-91-97-103-127-109-110(128-104-98-92-86-80-74-68-62-56-50-44-38-32-26-20-14-8-2)116-121-115(109)124-117-111(129-105-99-93-87-81-75-69-63-57-51-45-39-33-27-21-15-9-3)112(130-106-100-94-88-82-76-70-64-58-52-46-40-34-28-22-16-10-4)119(122-117)126-120-114(132-108-102-96-90-84-78-72-66-60-54-48-42-36-30-24-18-12-6)113(118(123-120)125-116)131-107-101-95-89-83-77-71-65-59-53-47-41-35-29-23-17-11-5/h7-108H2,1-6H3,(H2,121,122,123,124,125,126). The van der Waals surface area contributed by atoms with Gasteiger partial charge in [0.15, 0.2) is 11.6 Å². The Bertz CT molecular complexity index is 2820. The van der Waals surface area contributed by atoms with Crippen molar-refractivity contribution in [1.82, 2.24) is 29.9 Å². The van der Waals surface area contributed by atoms with Crippen LogP contribution in [0, 0.1) is 0 Å². The van der Waals surface area contributed by atoms with Gasteiger partial charge in [-0.2, -0.15) is 0 Å². The van der Waals surface area contributed by atoms with Crippen LogP contribution in [0.1, 0.15) is 670 Å². The zero-order chi connectivity index (χ0) is 93.5. The van der Waals surface area contributed by atoms with Crippen LogP contribution in [0.3, 0.4) is 0 Å². The summed E-state index contributed by atoms with van der Waals surface area (Å²) in [4.78, 5) is 39.8. The highest BCUT2D eigenvalue weighted by Crippen LogP contribution is 2.47. The second-order valence-electron chi connectivity index (χ2n) is 41.6. The maximum absolute atomic E-state index is 5.99. The van der Waals surface area contributed by atoms with Gasteiger partial charge in [-0.05, 0) is 73.0 Å². The van der Waals surface area contributed by atoms with Crippen molar-refractivity contribution in [3.63, 3.8) is 0 Å². The molecule has 0 saturated carbocycles. The van der Waals surface area contributed by atoms with E-state index < -0.39 is 0 Å². The van der Waals surface area contributed by atoms with Crippen LogP contribution in [0.15, 0.2) is 19.6 Å². The van der Waals surface area contributed by atoms with Crippen molar-refractivity contribution in [3.8, 4) is 0 Å². The number of rotatable bonds is 108. The van der Waals surface area contributed by atoms with Crippen LogP contribution < -0.4 is 0 Å². The van der Waals surface area contributed by atoms with Crippen molar-refractivity contribution in [2.24, 2.45) is 0 Å². The predicted octanol–water partition coefficient (Wildman–Crippen LogP) is 45.9. The number of fused-ring (bicyclic) bond motifs is 6. The fraction of sp³-hybridized carbons (Fsp3) is 0.900. The molecule has 0 aromatic carbocycles. The lowest BCUT2D eigenvalue weighted by Crippen LogP contribution is -1.90. The van der Waals surface area contributed by atoms with Gasteiger partial charge in [-0.25, -0.2) is 19.9 Å². The van der Waals surface area contributed by atoms with E-state index in [-0.39, 0.29) is 0 Å². The SMILES string of the molecule is CCCCCCCCCCCCCCCCCCSC1=C(SCCCCCCCCCCCCCCCCCC)c2nc1nc1[nH]c(nc3[nH]c(n2)c(SCCCCCCCCCCCCCCCCCC)c3SCCCCCCCCCCCCCCCCCC)c(SCCCCCCCCCCCCCCCCCC)c1SCCCCCCCCCCCCCCCCCC. The molecule has 132 heavy (non-hydrogen) atoms. The van der Waals surface area contributed by atoms with Gasteiger partial charge in [0, 0.05) is 0 Å². The van der Waals surface area contributed by atoms with Crippen LogP contribution >= 0.6 is 70.6 Å². The monoisotopic (exact) mass is 1940 g/mol. The Labute approximate surface area is 849 Å². The number of H-pyrrole nitrogens is 2.